The summed E-state index contributed by atoms with van der Waals surface area (Å²) in [5.74, 6) is 0. The molecule has 0 unspecified atom stereocenters. The average molecular weight is 780 g/mol. The summed E-state index contributed by atoms with van der Waals surface area (Å²) in [5.41, 5.74) is 17.6. The van der Waals surface area contributed by atoms with E-state index in [9.17, 15) is 0 Å². The van der Waals surface area contributed by atoms with Crippen LogP contribution >= 0.6 is 0 Å². The summed E-state index contributed by atoms with van der Waals surface area (Å²) in [7, 11) is 0. The molecule has 0 amide bonds. The molecule has 0 fully saturated rings. The van der Waals surface area contributed by atoms with Gasteiger partial charge >= 0.3 is 0 Å². The Labute approximate surface area is 355 Å². The summed E-state index contributed by atoms with van der Waals surface area (Å²) in [6, 6.07) is 77.5. The molecular formula is C59H41NO. The molecule has 2 heteroatoms. The van der Waals surface area contributed by atoms with Crippen LogP contribution in [0.3, 0.4) is 0 Å². The van der Waals surface area contributed by atoms with Gasteiger partial charge in [-0.05, 0) is 144 Å². The van der Waals surface area contributed by atoms with Crippen molar-refractivity contribution in [2.75, 3.05) is 4.90 Å². The lowest BCUT2D eigenvalue weighted by molar-refractivity contribution is 0.660. The van der Waals surface area contributed by atoms with E-state index in [-0.39, 0.29) is 5.41 Å². The van der Waals surface area contributed by atoms with E-state index in [1.165, 1.54) is 66.1 Å². The largest absolute Gasteiger partial charge is 0.456 e. The Morgan fingerprint density at radius 2 is 0.852 bits per heavy atom. The maximum atomic E-state index is 6.15. The average Bonchev–Trinajstić information content (AvgIpc) is 3.80. The van der Waals surface area contributed by atoms with Crippen molar-refractivity contribution in [2.24, 2.45) is 0 Å². The topological polar surface area (TPSA) is 16.4 Å². The van der Waals surface area contributed by atoms with Gasteiger partial charge in [-0.2, -0.15) is 0 Å². The van der Waals surface area contributed by atoms with Gasteiger partial charge in [-0.1, -0.05) is 159 Å². The molecule has 288 valence electrons. The minimum Gasteiger partial charge on any atom is -0.456 e. The van der Waals surface area contributed by atoms with E-state index in [0.717, 1.165) is 50.1 Å². The van der Waals surface area contributed by atoms with Crippen molar-refractivity contribution in [1.82, 2.24) is 0 Å². The number of fused-ring (bicyclic) bond motifs is 9. The van der Waals surface area contributed by atoms with Crippen LogP contribution in [-0.2, 0) is 5.41 Å². The molecule has 0 saturated heterocycles. The zero-order valence-corrected chi connectivity index (χ0v) is 34.1. The Balaban J connectivity index is 0.970. The van der Waals surface area contributed by atoms with Crippen molar-refractivity contribution in [3.8, 4) is 44.5 Å². The highest BCUT2D eigenvalue weighted by Gasteiger charge is 2.36. The lowest BCUT2D eigenvalue weighted by atomic mass is 9.81. The number of nitrogens with zero attached hydrogens (tertiary/aromatic N) is 1. The molecule has 10 aromatic carbocycles. The standard InChI is InChI=1S/C59H41NO/c1-59(2)55-36-42(38-12-4-3-5-13-38)24-31-50(55)51-32-30-46(37-56(51)59)60(44-26-20-39(21-27-44)41-25-33-58-54(34-41)52-18-10-11-19-57(52)61-58)45-28-22-40(23-29-45)53-35-43-14-6-7-15-47(43)48-16-8-9-17-49(48)53/h3-37H,1-2H3. The molecule has 0 radical (unpaired) electrons. The first-order chi connectivity index (χ1) is 30.0. The second-order valence-electron chi connectivity index (χ2n) is 16.9. The number of hydrogen-bond donors (Lipinski definition) is 0. The predicted molar refractivity (Wildman–Crippen MR) is 257 cm³/mol. The number of anilines is 3. The van der Waals surface area contributed by atoms with Gasteiger partial charge in [0.05, 0.1) is 0 Å². The molecule has 61 heavy (non-hydrogen) atoms. The number of furan rings is 1. The molecule has 1 aromatic heterocycles. The Bertz CT molecular complexity index is 3480. The third-order valence-electron chi connectivity index (χ3n) is 13.1. The molecule has 0 spiro atoms. The fourth-order valence-corrected chi connectivity index (χ4v) is 9.91. The minimum atomic E-state index is -0.183. The van der Waals surface area contributed by atoms with E-state index >= 15 is 0 Å². The van der Waals surface area contributed by atoms with Gasteiger partial charge in [0.15, 0.2) is 0 Å². The monoisotopic (exact) mass is 779 g/mol. The second kappa shape index (κ2) is 13.7. The van der Waals surface area contributed by atoms with E-state index in [1.54, 1.807) is 0 Å². The van der Waals surface area contributed by atoms with E-state index in [0.29, 0.717) is 0 Å². The summed E-state index contributed by atoms with van der Waals surface area (Å²) >= 11 is 0. The quantitative estimate of drug-likeness (QED) is 0.156. The maximum absolute atomic E-state index is 6.15. The third kappa shape index (κ3) is 5.71. The molecule has 0 aliphatic heterocycles. The van der Waals surface area contributed by atoms with Gasteiger partial charge in [0, 0.05) is 33.2 Å². The highest BCUT2D eigenvalue weighted by molar-refractivity contribution is 6.14. The zero-order chi connectivity index (χ0) is 40.7. The molecular weight excluding hydrogens is 739 g/mol. The molecule has 1 heterocycles. The molecule has 0 saturated carbocycles. The Kier molecular flexibility index (Phi) is 7.92. The van der Waals surface area contributed by atoms with Crippen molar-refractivity contribution in [3.05, 3.63) is 223 Å². The first-order valence-electron chi connectivity index (χ1n) is 21.2. The smallest absolute Gasteiger partial charge is 0.135 e. The molecule has 0 bridgehead atoms. The SMILES string of the molecule is CC1(C)c2cc(-c3ccccc3)ccc2-c2ccc(N(c3ccc(-c4ccc5oc6ccccc6c5c4)cc3)c3ccc(-c4cc5ccccc5c5ccccc45)cc3)cc21. The highest BCUT2D eigenvalue weighted by atomic mass is 16.3. The molecule has 2 nitrogen and oxygen atoms in total. The Morgan fingerprint density at radius 1 is 0.328 bits per heavy atom. The molecule has 1 aliphatic carbocycles. The van der Waals surface area contributed by atoms with Crippen molar-refractivity contribution in [2.45, 2.75) is 19.3 Å². The van der Waals surface area contributed by atoms with Crippen molar-refractivity contribution in [3.63, 3.8) is 0 Å². The normalized spacial score (nSPS) is 12.9. The molecule has 11 aromatic rings. The highest BCUT2D eigenvalue weighted by Crippen LogP contribution is 2.52. The summed E-state index contributed by atoms with van der Waals surface area (Å²) in [6.45, 7) is 4.75. The van der Waals surface area contributed by atoms with Gasteiger partial charge in [0.25, 0.3) is 0 Å². The number of hydrogen-bond acceptors (Lipinski definition) is 2. The second-order valence-corrected chi connectivity index (χ2v) is 16.9. The van der Waals surface area contributed by atoms with Gasteiger partial charge in [0.2, 0.25) is 0 Å². The van der Waals surface area contributed by atoms with Gasteiger partial charge in [-0.25, -0.2) is 0 Å². The van der Waals surface area contributed by atoms with Gasteiger partial charge in [-0.3, -0.25) is 0 Å². The molecule has 1 aliphatic rings. The number of rotatable bonds is 6. The lowest BCUT2D eigenvalue weighted by Gasteiger charge is -2.28. The van der Waals surface area contributed by atoms with E-state index in [1.807, 2.05) is 12.1 Å². The van der Waals surface area contributed by atoms with Crippen LogP contribution in [0.25, 0.3) is 88.0 Å². The maximum Gasteiger partial charge on any atom is 0.135 e. The van der Waals surface area contributed by atoms with Crippen LogP contribution in [0.4, 0.5) is 17.1 Å². The van der Waals surface area contributed by atoms with Crippen LogP contribution in [0.5, 0.6) is 0 Å². The van der Waals surface area contributed by atoms with Crippen LogP contribution < -0.4 is 4.90 Å². The van der Waals surface area contributed by atoms with E-state index < -0.39 is 0 Å². The summed E-state index contributed by atoms with van der Waals surface area (Å²) in [6.07, 6.45) is 0. The van der Waals surface area contributed by atoms with Crippen LogP contribution in [0.15, 0.2) is 217 Å². The number of para-hydroxylation sites is 1. The van der Waals surface area contributed by atoms with Gasteiger partial charge in [0.1, 0.15) is 11.2 Å². The van der Waals surface area contributed by atoms with Crippen LogP contribution in [0.2, 0.25) is 0 Å². The summed E-state index contributed by atoms with van der Waals surface area (Å²) < 4.78 is 6.15. The van der Waals surface area contributed by atoms with E-state index in [4.69, 9.17) is 4.42 Å². The predicted octanol–water partition coefficient (Wildman–Crippen LogP) is 16.7. The van der Waals surface area contributed by atoms with Crippen LogP contribution in [0, 0.1) is 0 Å². The fourth-order valence-electron chi connectivity index (χ4n) is 9.91. The number of benzene rings is 10. The molecule has 0 atom stereocenters. The van der Waals surface area contributed by atoms with Crippen LogP contribution in [-0.4, -0.2) is 0 Å². The Morgan fingerprint density at radius 3 is 1.62 bits per heavy atom. The molecule has 0 N–H and O–H groups in total. The van der Waals surface area contributed by atoms with E-state index in [2.05, 4.69) is 219 Å². The van der Waals surface area contributed by atoms with Crippen molar-refractivity contribution < 1.29 is 4.42 Å². The van der Waals surface area contributed by atoms with Gasteiger partial charge in [-0.15, -0.1) is 0 Å². The summed E-state index contributed by atoms with van der Waals surface area (Å²) in [5, 5.41) is 7.35. The van der Waals surface area contributed by atoms with Crippen LogP contribution in [0.1, 0.15) is 25.0 Å². The third-order valence-corrected chi connectivity index (χ3v) is 13.1. The molecule has 12 rings (SSSR count). The first-order valence-corrected chi connectivity index (χ1v) is 21.2. The minimum absolute atomic E-state index is 0.183. The Hall–Kier alpha value is -7.68. The lowest BCUT2D eigenvalue weighted by Crippen LogP contribution is -2.16. The zero-order valence-electron chi connectivity index (χ0n) is 34.1. The summed E-state index contributed by atoms with van der Waals surface area (Å²) in [4.78, 5) is 2.41. The van der Waals surface area contributed by atoms with Crippen molar-refractivity contribution >= 4 is 60.5 Å². The first kappa shape index (κ1) is 35.3. The fraction of sp³-hybridized carbons (Fsp3) is 0.0508. The van der Waals surface area contributed by atoms with Gasteiger partial charge < -0.3 is 9.32 Å². The van der Waals surface area contributed by atoms with Crippen molar-refractivity contribution in [1.29, 1.82) is 0 Å².